The lowest BCUT2D eigenvalue weighted by molar-refractivity contribution is -0.150. The van der Waals surface area contributed by atoms with Crippen molar-refractivity contribution in [2.75, 3.05) is 13.1 Å². The lowest BCUT2D eigenvalue weighted by atomic mass is 9.45. The minimum Gasteiger partial charge on any atom is -0.299 e. The van der Waals surface area contributed by atoms with Gasteiger partial charge in [0.15, 0.2) is 0 Å². The molecule has 138 valence electrons. The molecule has 2 nitrogen and oxygen atoms in total. The van der Waals surface area contributed by atoms with Crippen LogP contribution in [0.3, 0.4) is 0 Å². The van der Waals surface area contributed by atoms with Gasteiger partial charge in [-0.3, -0.25) is 9.69 Å². The zero-order chi connectivity index (χ0) is 17.8. The summed E-state index contributed by atoms with van der Waals surface area (Å²) in [7, 11) is 0. The van der Waals surface area contributed by atoms with Crippen molar-refractivity contribution in [2.45, 2.75) is 98.4 Å². The zero-order valence-electron chi connectivity index (χ0n) is 17.0. The van der Waals surface area contributed by atoms with Crippen LogP contribution >= 0.6 is 0 Å². The van der Waals surface area contributed by atoms with Gasteiger partial charge in [0.1, 0.15) is 5.78 Å². The predicted molar refractivity (Wildman–Crippen MR) is 101 cm³/mol. The molecule has 0 aromatic heterocycles. The Morgan fingerprint density at radius 3 is 1.67 bits per heavy atom. The lowest BCUT2D eigenvalue weighted by Crippen LogP contribution is -2.54. The Balaban J connectivity index is 1.64. The van der Waals surface area contributed by atoms with E-state index in [1.165, 1.54) is 38.5 Å². The molecule has 0 N–H and O–H groups in total. The highest BCUT2D eigenvalue weighted by Gasteiger charge is 2.56. The zero-order valence-corrected chi connectivity index (χ0v) is 17.0. The molecule has 0 atom stereocenters. The molecular weight excluding hydrogens is 294 g/mol. The van der Waals surface area contributed by atoms with E-state index in [1.54, 1.807) is 0 Å². The first-order chi connectivity index (χ1) is 11.0. The molecule has 0 spiro atoms. The fourth-order valence-electron chi connectivity index (χ4n) is 5.93. The van der Waals surface area contributed by atoms with Crippen LogP contribution in [0.25, 0.3) is 0 Å². The van der Waals surface area contributed by atoms with Gasteiger partial charge in [-0.25, -0.2) is 0 Å². The average Bonchev–Trinajstić information content (AvgIpc) is 2.54. The average molecular weight is 334 g/mol. The lowest BCUT2D eigenvalue weighted by Gasteiger charge is -2.59. The summed E-state index contributed by atoms with van der Waals surface area (Å²) in [5.41, 5.74) is 1.20. The maximum atomic E-state index is 13.4. The van der Waals surface area contributed by atoms with E-state index >= 15 is 0 Å². The maximum absolute atomic E-state index is 13.4. The van der Waals surface area contributed by atoms with Gasteiger partial charge in [0.05, 0.1) is 0 Å². The van der Waals surface area contributed by atoms with E-state index in [2.05, 4.69) is 46.4 Å². The largest absolute Gasteiger partial charge is 0.299 e. The molecule has 0 aromatic rings. The van der Waals surface area contributed by atoms with E-state index in [4.69, 9.17) is 0 Å². The number of rotatable bonds is 2. The Hall–Kier alpha value is -0.370. The number of hydrogen-bond acceptors (Lipinski definition) is 2. The van der Waals surface area contributed by atoms with Gasteiger partial charge < -0.3 is 0 Å². The highest BCUT2D eigenvalue weighted by Crippen LogP contribution is 2.64. The summed E-state index contributed by atoms with van der Waals surface area (Å²) in [5, 5.41) is 0. The highest BCUT2D eigenvalue weighted by molar-refractivity contribution is 5.87. The number of likely N-dealkylation sites (tertiary alicyclic amines) is 1. The fourth-order valence-corrected chi connectivity index (χ4v) is 5.93. The highest BCUT2D eigenvalue weighted by atomic mass is 16.1. The van der Waals surface area contributed by atoms with Crippen molar-refractivity contribution < 1.29 is 4.79 Å². The number of carbonyl (C=O) groups excluding carboxylic acids is 1. The molecule has 1 heterocycles. The van der Waals surface area contributed by atoms with E-state index in [-0.39, 0.29) is 11.0 Å². The molecule has 0 unspecified atom stereocenters. The minimum atomic E-state index is 0.0571. The van der Waals surface area contributed by atoms with Gasteiger partial charge in [0, 0.05) is 16.9 Å². The molecule has 3 aliphatic carbocycles. The van der Waals surface area contributed by atoms with Crippen LogP contribution in [-0.4, -0.2) is 29.3 Å². The van der Waals surface area contributed by atoms with Crippen LogP contribution in [-0.2, 0) is 4.79 Å². The van der Waals surface area contributed by atoms with E-state index in [0.717, 1.165) is 25.9 Å². The van der Waals surface area contributed by atoms with Crippen molar-refractivity contribution >= 4 is 5.78 Å². The molecule has 24 heavy (non-hydrogen) atoms. The summed E-state index contributed by atoms with van der Waals surface area (Å²) in [6, 6.07) is 0. The third-order valence-corrected chi connectivity index (χ3v) is 8.17. The predicted octanol–water partition coefficient (Wildman–Crippen LogP) is 5.45. The molecule has 3 saturated carbocycles. The Bertz CT molecular complexity index is 461. The molecule has 0 radical (unpaired) electrons. The maximum Gasteiger partial charge on any atom is 0.142 e. The topological polar surface area (TPSA) is 20.3 Å². The van der Waals surface area contributed by atoms with Crippen LogP contribution in [0.5, 0.6) is 0 Å². The van der Waals surface area contributed by atoms with Gasteiger partial charge in [0.25, 0.3) is 0 Å². The van der Waals surface area contributed by atoms with E-state index < -0.39 is 0 Å². The third-order valence-electron chi connectivity index (χ3n) is 8.17. The quantitative estimate of drug-likeness (QED) is 0.669. The van der Waals surface area contributed by atoms with E-state index in [9.17, 15) is 4.79 Å². The number of fused-ring (bicyclic) bond motifs is 3. The smallest absolute Gasteiger partial charge is 0.142 e. The first-order valence-electron chi connectivity index (χ1n) is 10.3. The molecule has 4 rings (SSSR count). The SMILES string of the molecule is CC(C)(C)N1CCC(C(=O)C23CCC(C(C)(C)C)(CC2)CC3)CC1. The summed E-state index contributed by atoms with van der Waals surface area (Å²) >= 11 is 0. The number of Topliss-reactive ketones (excluding diaryl/α,β-unsaturated/α-hetero) is 1. The molecule has 0 amide bonds. The summed E-state index contributed by atoms with van der Waals surface area (Å²) in [5.74, 6) is 0.988. The van der Waals surface area contributed by atoms with E-state index in [1.807, 2.05) is 0 Å². The van der Waals surface area contributed by atoms with Crippen molar-refractivity contribution in [3.05, 3.63) is 0 Å². The second-order valence-electron chi connectivity index (χ2n) is 11.1. The Morgan fingerprint density at radius 2 is 1.29 bits per heavy atom. The van der Waals surface area contributed by atoms with Crippen molar-refractivity contribution in [1.29, 1.82) is 0 Å². The number of hydrogen-bond donors (Lipinski definition) is 0. The molecule has 4 aliphatic rings. The van der Waals surface area contributed by atoms with Crippen molar-refractivity contribution in [1.82, 2.24) is 4.90 Å². The van der Waals surface area contributed by atoms with Crippen LogP contribution in [0, 0.1) is 22.2 Å². The van der Waals surface area contributed by atoms with Crippen LogP contribution in [0.4, 0.5) is 0 Å². The molecule has 1 saturated heterocycles. The summed E-state index contributed by atoms with van der Waals surface area (Å²) in [4.78, 5) is 16.0. The summed E-state index contributed by atoms with van der Waals surface area (Å²) in [6.07, 6.45) is 9.52. The van der Waals surface area contributed by atoms with Crippen LogP contribution in [0.15, 0.2) is 0 Å². The standard InChI is InChI=1S/C22H39NO/c1-19(2,3)22-12-9-21(10-13-22,11-14-22)18(24)17-7-15-23(16-8-17)20(4,5)6/h17H,7-16H2,1-6H3. The van der Waals surface area contributed by atoms with Gasteiger partial charge >= 0.3 is 0 Å². The van der Waals surface area contributed by atoms with Gasteiger partial charge in [-0.1, -0.05) is 20.8 Å². The summed E-state index contributed by atoms with van der Waals surface area (Å²) < 4.78 is 0. The second kappa shape index (κ2) is 5.83. The van der Waals surface area contributed by atoms with Crippen molar-refractivity contribution in [3.8, 4) is 0 Å². The number of carbonyl (C=O) groups is 1. The second-order valence-corrected chi connectivity index (χ2v) is 11.1. The first-order valence-corrected chi connectivity index (χ1v) is 10.3. The fraction of sp³-hybridized carbons (Fsp3) is 0.955. The van der Waals surface area contributed by atoms with Gasteiger partial charge in [-0.15, -0.1) is 0 Å². The van der Waals surface area contributed by atoms with Crippen LogP contribution in [0.2, 0.25) is 0 Å². The number of nitrogens with zero attached hydrogens (tertiary/aromatic N) is 1. The summed E-state index contributed by atoms with van der Waals surface area (Å²) in [6.45, 7) is 16.3. The molecule has 1 aliphatic heterocycles. The van der Waals surface area contributed by atoms with Crippen molar-refractivity contribution in [3.63, 3.8) is 0 Å². The van der Waals surface area contributed by atoms with Crippen molar-refractivity contribution in [2.24, 2.45) is 22.2 Å². The Labute approximate surface area is 149 Å². The third kappa shape index (κ3) is 2.97. The van der Waals surface area contributed by atoms with Gasteiger partial charge in [-0.05, 0) is 96.1 Å². The van der Waals surface area contributed by atoms with Crippen LogP contribution in [0.1, 0.15) is 92.9 Å². The molecule has 2 heteroatoms. The molecule has 4 fully saturated rings. The Morgan fingerprint density at radius 1 is 0.833 bits per heavy atom. The van der Waals surface area contributed by atoms with Crippen LogP contribution < -0.4 is 0 Å². The molecule has 0 aromatic carbocycles. The number of piperidine rings is 1. The monoisotopic (exact) mass is 333 g/mol. The van der Waals surface area contributed by atoms with E-state index in [0.29, 0.717) is 22.5 Å². The number of ketones is 1. The Kier molecular flexibility index (Phi) is 4.47. The first kappa shape index (κ1) is 18.4. The molecule has 2 bridgehead atoms. The molecular formula is C22H39NO. The van der Waals surface area contributed by atoms with Gasteiger partial charge in [0.2, 0.25) is 0 Å². The van der Waals surface area contributed by atoms with Gasteiger partial charge in [-0.2, -0.15) is 0 Å². The normalized spacial score (nSPS) is 36.1. The minimum absolute atomic E-state index is 0.0571.